The number of aliphatic hydroxyl groups excluding tert-OH is 1. The van der Waals surface area contributed by atoms with Crippen LogP contribution in [0, 0.1) is 0 Å². The number of aliphatic hydroxyl groups is 1. The van der Waals surface area contributed by atoms with Crippen molar-refractivity contribution in [3.8, 4) is 5.75 Å². The van der Waals surface area contributed by atoms with E-state index in [-0.39, 0.29) is 5.92 Å². The Kier molecular flexibility index (Phi) is 6.98. The van der Waals surface area contributed by atoms with E-state index >= 15 is 0 Å². The van der Waals surface area contributed by atoms with Crippen molar-refractivity contribution in [3.05, 3.63) is 59.4 Å². The van der Waals surface area contributed by atoms with Crippen LogP contribution < -0.4 is 15.4 Å². The van der Waals surface area contributed by atoms with Crippen LogP contribution in [0.1, 0.15) is 49.7 Å². The van der Waals surface area contributed by atoms with Crippen molar-refractivity contribution in [1.82, 2.24) is 20.2 Å². The Morgan fingerprint density at radius 3 is 2.54 bits per heavy atom. The lowest BCUT2D eigenvalue weighted by molar-refractivity contribution is -0.237. The number of benzene rings is 2. The van der Waals surface area contributed by atoms with Crippen molar-refractivity contribution in [2.45, 2.75) is 57.3 Å². The number of fused-ring (bicyclic) bond motifs is 1. The quantitative estimate of drug-likeness (QED) is 0.369. The summed E-state index contributed by atoms with van der Waals surface area (Å²) in [6.07, 6.45) is -1.90. The summed E-state index contributed by atoms with van der Waals surface area (Å²) < 4.78 is 17.5. The summed E-state index contributed by atoms with van der Waals surface area (Å²) >= 11 is 0. The van der Waals surface area contributed by atoms with Gasteiger partial charge in [-0.15, -0.1) is 10.2 Å². The molecule has 10 heteroatoms. The topological polar surface area (TPSA) is 121 Å². The highest BCUT2D eigenvalue weighted by molar-refractivity contribution is 5.60. The average Bonchev–Trinajstić information content (AvgIpc) is 3.24. The molecule has 3 atom stereocenters. The first-order valence-corrected chi connectivity index (χ1v) is 11.6. The van der Waals surface area contributed by atoms with Crippen LogP contribution >= 0.6 is 0 Å². The van der Waals surface area contributed by atoms with E-state index in [4.69, 9.17) is 19.9 Å². The number of ether oxygens (including phenoxy) is 3. The van der Waals surface area contributed by atoms with Gasteiger partial charge in [-0.05, 0) is 47.9 Å². The summed E-state index contributed by atoms with van der Waals surface area (Å²) in [4.78, 5) is 3.52. The van der Waals surface area contributed by atoms with Gasteiger partial charge in [0, 0.05) is 31.2 Å². The predicted molar refractivity (Wildman–Crippen MR) is 132 cm³/mol. The zero-order valence-electron chi connectivity index (χ0n) is 21.0. The third-order valence-corrected chi connectivity index (χ3v) is 6.53. The molecule has 0 spiro atoms. The normalized spacial score (nSPS) is 21.7. The Labute approximate surface area is 205 Å². The van der Waals surface area contributed by atoms with Gasteiger partial charge in [0.2, 0.25) is 0 Å². The third-order valence-electron chi connectivity index (χ3n) is 6.53. The summed E-state index contributed by atoms with van der Waals surface area (Å²) in [7, 11) is 4.78. The molecule has 0 radical (unpaired) electrons. The van der Waals surface area contributed by atoms with Gasteiger partial charge in [0.05, 0.1) is 19.6 Å². The van der Waals surface area contributed by atoms with Crippen molar-refractivity contribution < 1.29 is 19.3 Å². The van der Waals surface area contributed by atoms with Crippen LogP contribution in [0.2, 0.25) is 0 Å². The molecule has 0 amide bonds. The van der Waals surface area contributed by atoms with Gasteiger partial charge in [-0.1, -0.05) is 32.0 Å². The number of nitrogens with two attached hydrogens (primary N) is 1. The zero-order chi connectivity index (χ0) is 25.3. The molecule has 35 heavy (non-hydrogen) atoms. The summed E-state index contributed by atoms with van der Waals surface area (Å²) in [5.41, 5.74) is 8.37. The summed E-state index contributed by atoms with van der Waals surface area (Å²) in [6.45, 7) is 6.36. The molecule has 2 heterocycles. The Morgan fingerprint density at radius 2 is 1.91 bits per heavy atom. The maximum Gasteiger partial charge on any atom is 0.199 e. The minimum atomic E-state index is -1.22. The maximum absolute atomic E-state index is 12.0. The number of hydrogen-bond acceptors (Lipinski definition) is 9. The summed E-state index contributed by atoms with van der Waals surface area (Å²) in [6, 6.07) is 13.0. The number of methoxy groups -OCH3 is 2. The average molecular weight is 483 g/mol. The molecule has 0 unspecified atom stereocenters. The van der Waals surface area contributed by atoms with E-state index in [0.29, 0.717) is 23.8 Å². The zero-order valence-corrected chi connectivity index (χ0v) is 21.0. The van der Waals surface area contributed by atoms with Crippen LogP contribution in [0.25, 0.3) is 0 Å². The second-order valence-corrected chi connectivity index (χ2v) is 9.31. The molecule has 1 aliphatic rings. The number of rotatable bonds is 8. The lowest BCUT2D eigenvalue weighted by Crippen LogP contribution is -2.62. The minimum Gasteiger partial charge on any atom is -0.479 e. The van der Waals surface area contributed by atoms with Gasteiger partial charge in [0.25, 0.3) is 0 Å². The van der Waals surface area contributed by atoms with E-state index in [2.05, 4.69) is 40.2 Å². The first-order chi connectivity index (χ1) is 16.7. The first kappa shape index (κ1) is 24.9. The van der Waals surface area contributed by atoms with Crippen molar-refractivity contribution >= 4 is 11.4 Å². The number of aryl methyl sites for hydroxylation is 1. The molecule has 3 N–H and O–H groups in total. The van der Waals surface area contributed by atoms with Crippen LogP contribution in [0.3, 0.4) is 0 Å². The van der Waals surface area contributed by atoms with E-state index in [0.717, 1.165) is 16.8 Å². The molecule has 4 rings (SSSR count). The molecule has 0 saturated carbocycles. The van der Waals surface area contributed by atoms with Gasteiger partial charge in [-0.2, -0.15) is 4.80 Å². The standard InChI is InChI=1S/C25H34N6O4/c1-15(2)17-9-7-8-10-19(17)31(14-21-27-29-30(4)28-21)22-18-13-16(26)11-12-20(18)35-25(3,23(22)32)24(33-5)34-6/h7-13,15,22-24,32H,14,26H2,1-6H3/t22-,23+,25-/m0/s1. The molecule has 0 aliphatic carbocycles. The third kappa shape index (κ3) is 4.56. The smallest absolute Gasteiger partial charge is 0.199 e. The Morgan fingerprint density at radius 1 is 1.20 bits per heavy atom. The van der Waals surface area contributed by atoms with Gasteiger partial charge in [-0.25, -0.2) is 0 Å². The van der Waals surface area contributed by atoms with E-state index in [1.807, 2.05) is 30.3 Å². The van der Waals surface area contributed by atoms with Crippen molar-refractivity contribution in [2.24, 2.45) is 7.05 Å². The van der Waals surface area contributed by atoms with E-state index < -0.39 is 24.0 Å². The molecule has 1 aliphatic heterocycles. The number of para-hydroxylation sites is 1. The molecule has 10 nitrogen and oxygen atoms in total. The highest BCUT2D eigenvalue weighted by atomic mass is 16.7. The Hall–Kier alpha value is -3.21. The van der Waals surface area contributed by atoms with Crippen LogP contribution in [0.5, 0.6) is 5.75 Å². The largest absolute Gasteiger partial charge is 0.479 e. The molecule has 3 aromatic rings. The fourth-order valence-corrected chi connectivity index (χ4v) is 4.87. The van der Waals surface area contributed by atoms with Crippen molar-refractivity contribution in [3.63, 3.8) is 0 Å². The molecule has 0 saturated heterocycles. The fourth-order valence-electron chi connectivity index (χ4n) is 4.87. The minimum absolute atomic E-state index is 0.234. The molecule has 0 fully saturated rings. The highest BCUT2D eigenvalue weighted by Gasteiger charge is 2.54. The summed E-state index contributed by atoms with van der Waals surface area (Å²) in [5, 5.41) is 24.6. The van der Waals surface area contributed by atoms with Gasteiger partial charge < -0.3 is 30.0 Å². The lowest BCUT2D eigenvalue weighted by atomic mass is 9.82. The lowest BCUT2D eigenvalue weighted by Gasteiger charge is -2.50. The number of nitrogens with zero attached hydrogens (tertiary/aromatic N) is 5. The number of tetrazole rings is 1. The maximum atomic E-state index is 12.0. The van der Waals surface area contributed by atoms with Gasteiger partial charge >= 0.3 is 0 Å². The molecule has 2 aromatic carbocycles. The fraction of sp³-hybridized carbons (Fsp3) is 0.480. The van der Waals surface area contributed by atoms with Crippen molar-refractivity contribution in [1.29, 1.82) is 0 Å². The Balaban J connectivity index is 1.94. The van der Waals surface area contributed by atoms with E-state index in [1.165, 1.54) is 19.0 Å². The second kappa shape index (κ2) is 9.80. The first-order valence-electron chi connectivity index (χ1n) is 11.6. The number of hydrogen-bond donors (Lipinski definition) is 2. The predicted octanol–water partition coefficient (Wildman–Crippen LogP) is 2.79. The molecule has 1 aromatic heterocycles. The van der Waals surface area contributed by atoms with Crippen LogP contribution in [0.15, 0.2) is 42.5 Å². The van der Waals surface area contributed by atoms with Gasteiger partial charge in [-0.3, -0.25) is 0 Å². The highest BCUT2D eigenvalue weighted by Crippen LogP contribution is 2.48. The van der Waals surface area contributed by atoms with Crippen LogP contribution in [-0.2, 0) is 23.1 Å². The molecular formula is C25H34N6O4. The van der Waals surface area contributed by atoms with Crippen LogP contribution in [0.4, 0.5) is 11.4 Å². The number of nitrogen functional groups attached to an aromatic ring is 1. The van der Waals surface area contributed by atoms with Gasteiger partial charge in [0.1, 0.15) is 11.9 Å². The van der Waals surface area contributed by atoms with Crippen molar-refractivity contribution in [2.75, 3.05) is 24.9 Å². The summed E-state index contributed by atoms with van der Waals surface area (Å²) in [5.74, 6) is 1.35. The second-order valence-electron chi connectivity index (χ2n) is 9.31. The number of anilines is 2. The Bertz CT molecular complexity index is 1160. The molecule has 188 valence electrons. The van der Waals surface area contributed by atoms with Gasteiger partial charge in [0.15, 0.2) is 17.7 Å². The molecule has 0 bridgehead atoms. The SMILES string of the molecule is COC(OC)[C@@]1(C)Oc2ccc(N)cc2[C@H](N(Cc2nnn(C)n2)c2ccccc2C(C)C)[C@H]1O. The van der Waals surface area contributed by atoms with Crippen LogP contribution in [-0.4, -0.2) is 57.5 Å². The van der Waals surface area contributed by atoms with E-state index in [1.54, 1.807) is 20.0 Å². The number of aromatic nitrogens is 4. The monoisotopic (exact) mass is 482 g/mol. The van der Waals surface area contributed by atoms with E-state index in [9.17, 15) is 5.11 Å². The molecular weight excluding hydrogens is 448 g/mol.